The first-order chi connectivity index (χ1) is 7.86. The van der Waals surface area contributed by atoms with E-state index in [1.165, 1.54) is 13.2 Å². The van der Waals surface area contributed by atoms with Gasteiger partial charge in [-0.25, -0.2) is 17.5 Å². The molecule has 0 bridgehead atoms. The zero-order chi connectivity index (χ0) is 13.1. The van der Waals surface area contributed by atoms with E-state index in [0.717, 1.165) is 12.1 Å². The highest BCUT2D eigenvalue weighted by Crippen LogP contribution is 2.18. The van der Waals surface area contributed by atoms with E-state index in [2.05, 4.69) is 4.72 Å². The lowest BCUT2D eigenvalue weighted by Gasteiger charge is -2.13. The van der Waals surface area contributed by atoms with Gasteiger partial charge in [-0.05, 0) is 25.1 Å². The Hall–Kier alpha value is -0.690. The minimum absolute atomic E-state index is 0.145. The maximum absolute atomic E-state index is 13.4. The number of ether oxygens (including phenoxy) is 1. The number of methoxy groups -OCH3 is 1. The number of nitrogens with one attached hydrogen (secondary N) is 1. The van der Waals surface area contributed by atoms with Crippen molar-refractivity contribution in [2.24, 2.45) is 0 Å². The average molecular weight is 282 g/mol. The fourth-order valence-electron chi connectivity index (χ4n) is 1.31. The predicted octanol–water partition coefficient (Wildman–Crippen LogP) is 1.79. The van der Waals surface area contributed by atoms with E-state index in [1.54, 1.807) is 6.92 Å². The summed E-state index contributed by atoms with van der Waals surface area (Å²) < 4.78 is 44.1. The molecule has 17 heavy (non-hydrogen) atoms. The van der Waals surface area contributed by atoms with Gasteiger partial charge in [0, 0.05) is 18.2 Å². The van der Waals surface area contributed by atoms with E-state index in [0.29, 0.717) is 0 Å². The second-order valence-corrected chi connectivity index (χ2v) is 5.67. The Balaban J connectivity index is 2.97. The number of hydrogen-bond donors (Lipinski definition) is 1. The van der Waals surface area contributed by atoms with E-state index in [9.17, 15) is 12.8 Å². The van der Waals surface area contributed by atoms with Crippen molar-refractivity contribution < 1.29 is 17.5 Å². The lowest BCUT2D eigenvalue weighted by atomic mass is 10.3. The molecule has 0 aliphatic carbocycles. The van der Waals surface area contributed by atoms with Crippen molar-refractivity contribution in [3.63, 3.8) is 0 Å². The second kappa shape index (κ2) is 5.77. The SMILES string of the molecule is COC[C@H](C)NS(=O)(=O)c1ccc(Cl)cc1F. The van der Waals surface area contributed by atoms with Crippen LogP contribution >= 0.6 is 11.6 Å². The van der Waals surface area contributed by atoms with Gasteiger partial charge in [0.05, 0.1) is 6.61 Å². The number of hydrogen-bond acceptors (Lipinski definition) is 3. The molecule has 1 aromatic carbocycles. The van der Waals surface area contributed by atoms with Gasteiger partial charge in [0.15, 0.2) is 0 Å². The summed E-state index contributed by atoms with van der Waals surface area (Å²) in [5, 5.41) is 0.145. The summed E-state index contributed by atoms with van der Waals surface area (Å²) in [5.74, 6) is -0.880. The molecule has 0 unspecified atom stereocenters. The first-order valence-corrected chi connectivity index (χ1v) is 6.69. The van der Waals surface area contributed by atoms with Crippen LogP contribution in [0.3, 0.4) is 0 Å². The van der Waals surface area contributed by atoms with Crippen molar-refractivity contribution in [3.8, 4) is 0 Å². The fourth-order valence-corrected chi connectivity index (χ4v) is 2.75. The monoisotopic (exact) mass is 281 g/mol. The largest absolute Gasteiger partial charge is 0.383 e. The van der Waals surface area contributed by atoms with Crippen molar-refractivity contribution in [2.45, 2.75) is 17.9 Å². The van der Waals surface area contributed by atoms with Gasteiger partial charge >= 0.3 is 0 Å². The molecule has 1 rings (SSSR count). The van der Waals surface area contributed by atoms with Crippen LogP contribution in [0.5, 0.6) is 0 Å². The van der Waals surface area contributed by atoms with Gasteiger partial charge in [-0.3, -0.25) is 0 Å². The topological polar surface area (TPSA) is 55.4 Å². The molecule has 7 heteroatoms. The Morgan fingerprint density at radius 3 is 2.71 bits per heavy atom. The summed E-state index contributed by atoms with van der Waals surface area (Å²) in [6, 6.07) is 2.96. The summed E-state index contributed by atoms with van der Waals surface area (Å²) in [4.78, 5) is -0.426. The summed E-state index contributed by atoms with van der Waals surface area (Å²) in [6.45, 7) is 1.82. The van der Waals surface area contributed by atoms with Crippen molar-refractivity contribution >= 4 is 21.6 Å². The molecule has 4 nitrogen and oxygen atoms in total. The molecule has 0 heterocycles. The number of benzene rings is 1. The van der Waals surface area contributed by atoms with Crippen LogP contribution in [-0.4, -0.2) is 28.2 Å². The summed E-state index contributed by atoms with van der Waals surface area (Å²) >= 11 is 5.55. The van der Waals surface area contributed by atoms with Gasteiger partial charge < -0.3 is 4.74 Å². The van der Waals surface area contributed by atoms with E-state index in [-0.39, 0.29) is 11.6 Å². The fraction of sp³-hybridized carbons (Fsp3) is 0.400. The average Bonchev–Trinajstić information content (AvgIpc) is 2.15. The first kappa shape index (κ1) is 14.4. The van der Waals surface area contributed by atoms with Crippen molar-refractivity contribution in [2.75, 3.05) is 13.7 Å². The molecule has 0 aliphatic heterocycles. The van der Waals surface area contributed by atoms with Crippen LogP contribution in [-0.2, 0) is 14.8 Å². The van der Waals surface area contributed by atoms with Crippen LogP contribution in [0.15, 0.2) is 23.1 Å². The molecule has 1 aromatic rings. The quantitative estimate of drug-likeness (QED) is 0.895. The van der Waals surface area contributed by atoms with Crippen LogP contribution in [0.4, 0.5) is 4.39 Å². The zero-order valence-electron chi connectivity index (χ0n) is 9.41. The van der Waals surface area contributed by atoms with Gasteiger partial charge in [-0.1, -0.05) is 11.6 Å². The van der Waals surface area contributed by atoms with Crippen LogP contribution in [0.1, 0.15) is 6.92 Å². The molecular weight excluding hydrogens is 269 g/mol. The van der Waals surface area contributed by atoms with Gasteiger partial charge in [0.1, 0.15) is 10.7 Å². The van der Waals surface area contributed by atoms with Crippen molar-refractivity contribution in [1.82, 2.24) is 4.72 Å². The molecule has 0 aromatic heterocycles. The van der Waals surface area contributed by atoms with E-state index in [1.807, 2.05) is 0 Å². The standard InChI is InChI=1S/C10H13ClFNO3S/c1-7(6-16-2)13-17(14,15)10-4-3-8(11)5-9(10)12/h3-5,7,13H,6H2,1-2H3/t7-/m0/s1. The predicted molar refractivity (Wildman–Crippen MR) is 63.1 cm³/mol. The smallest absolute Gasteiger partial charge is 0.243 e. The molecule has 0 amide bonds. The maximum Gasteiger partial charge on any atom is 0.243 e. The molecule has 1 atom stereocenters. The summed E-state index contributed by atoms with van der Waals surface area (Å²) in [6.07, 6.45) is 0. The van der Waals surface area contributed by atoms with Gasteiger partial charge in [0.25, 0.3) is 0 Å². The highest BCUT2D eigenvalue weighted by Gasteiger charge is 2.21. The number of sulfonamides is 1. The highest BCUT2D eigenvalue weighted by molar-refractivity contribution is 7.89. The summed E-state index contributed by atoms with van der Waals surface area (Å²) in [7, 11) is -2.44. The van der Waals surface area contributed by atoms with Gasteiger partial charge in [0.2, 0.25) is 10.0 Å². The highest BCUT2D eigenvalue weighted by atomic mass is 35.5. The summed E-state index contributed by atoms with van der Waals surface area (Å²) in [5.41, 5.74) is 0. The third-order valence-corrected chi connectivity index (χ3v) is 3.81. The Morgan fingerprint density at radius 2 is 2.18 bits per heavy atom. The molecule has 0 saturated heterocycles. The first-order valence-electron chi connectivity index (χ1n) is 4.83. The van der Waals surface area contributed by atoms with E-state index < -0.39 is 26.8 Å². The van der Waals surface area contributed by atoms with Crippen LogP contribution in [0.25, 0.3) is 0 Å². The van der Waals surface area contributed by atoms with E-state index >= 15 is 0 Å². The lowest BCUT2D eigenvalue weighted by Crippen LogP contribution is -2.36. The van der Waals surface area contributed by atoms with Crippen LogP contribution in [0.2, 0.25) is 5.02 Å². The molecule has 0 radical (unpaired) electrons. The van der Waals surface area contributed by atoms with Gasteiger partial charge in [-0.2, -0.15) is 0 Å². The van der Waals surface area contributed by atoms with Gasteiger partial charge in [-0.15, -0.1) is 0 Å². The molecule has 1 N–H and O–H groups in total. The molecule has 96 valence electrons. The van der Waals surface area contributed by atoms with Crippen LogP contribution < -0.4 is 4.72 Å². The van der Waals surface area contributed by atoms with E-state index in [4.69, 9.17) is 16.3 Å². The third-order valence-electron chi connectivity index (χ3n) is 1.96. The minimum Gasteiger partial charge on any atom is -0.383 e. The molecule has 0 aliphatic rings. The Labute approximate surface area is 105 Å². The third kappa shape index (κ3) is 3.92. The zero-order valence-corrected chi connectivity index (χ0v) is 11.0. The Bertz CT molecular complexity index is 492. The molecular formula is C10H13ClFNO3S. The number of rotatable bonds is 5. The normalized spacial score (nSPS) is 13.6. The molecule has 0 spiro atoms. The second-order valence-electron chi connectivity index (χ2n) is 3.55. The number of halogens is 2. The Morgan fingerprint density at radius 1 is 1.53 bits per heavy atom. The van der Waals surface area contributed by atoms with Crippen LogP contribution in [0, 0.1) is 5.82 Å². The van der Waals surface area contributed by atoms with Crippen molar-refractivity contribution in [1.29, 1.82) is 0 Å². The van der Waals surface area contributed by atoms with Crippen molar-refractivity contribution in [3.05, 3.63) is 29.0 Å². The molecule has 0 fully saturated rings. The maximum atomic E-state index is 13.4. The minimum atomic E-state index is -3.89. The Kier molecular flexibility index (Phi) is 4.88. The molecule has 0 saturated carbocycles. The lowest BCUT2D eigenvalue weighted by molar-refractivity contribution is 0.180.